The van der Waals surface area contributed by atoms with Gasteiger partial charge in [0.25, 0.3) is 0 Å². The molecule has 19 heavy (non-hydrogen) atoms. The van der Waals surface area contributed by atoms with E-state index in [0.717, 1.165) is 11.3 Å². The number of nitrogens with zero attached hydrogens (tertiary/aromatic N) is 1. The maximum atomic E-state index is 5.81. The Morgan fingerprint density at radius 3 is 2.53 bits per heavy atom. The fourth-order valence-electron chi connectivity index (χ4n) is 1.71. The summed E-state index contributed by atoms with van der Waals surface area (Å²) in [5, 5.41) is 3.08. The fraction of sp³-hybridized carbons (Fsp3) is 0.400. The lowest BCUT2D eigenvalue weighted by Crippen LogP contribution is -2.23. The highest BCUT2D eigenvalue weighted by molar-refractivity contribution is 5.92. The van der Waals surface area contributed by atoms with Crippen molar-refractivity contribution in [3.63, 3.8) is 0 Å². The monoisotopic (exact) mass is 261 g/mol. The van der Waals surface area contributed by atoms with Gasteiger partial charge in [0, 0.05) is 5.69 Å². The molecule has 1 aromatic rings. The Hall–Kier alpha value is -1.81. The number of benzene rings is 1. The zero-order valence-corrected chi connectivity index (χ0v) is 12.0. The summed E-state index contributed by atoms with van der Waals surface area (Å²) in [5.74, 6) is 0.406. The summed E-state index contributed by atoms with van der Waals surface area (Å²) in [4.78, 5) is 4.20. The predicted molar refractivity (Wildman–Crippen MR) is 81.7 cm³/mol. The average Bonchev–Trinajstić information content (AvgIpc) is 2.26. The second kappa shape index (κ2) is 7.59. The van der Waals surface area contributed by atoms with Crippen LogP contribution in [0.1, 0.15) is 18.1 Å². The van der Waals surface area contributed by atoms with Gasteiger partial charge >= 0.3 is 0 Å². The number of aryl methyl sites for hydroxylation is 2. The van der Waals surface area contributed by atoms with E-state index >= 15 is 0 Å². The minimum absolute atomic E-state index is 0.406. The molecule has 0 fully saturated rings. The number of guanidine groups is 1. The Balaban J connectivity index is 2.41. The summed E-state index contributed by atoms with van der Waals surface area (Å²) in [7, 11) is 0. The van der Waals surface area contributed by atoms with Crippen molar-refractivity contribution >= 4 is 11.6 Å². The van der Waals surface area contributed by atoms with Gasteiger partial charge in [-0.25, -0.2) is 0 Å². The molecular formula is C15H23N3O. The number of nitrogens with two attached hydrogens (primary N) is 1. The summed E-state index contributed by atoms with van der Waals surface area (Å²) in [6.07, 6.45) is 0. The van der Waals surface area contributed by atoms with Crippen LogP contribution in [0.4, 0.5) is 5.69 Å². The lowest BCUT2D eigenvalue weighted by Gasteiger charge is -2.08. The molecule has 0 aromatic heterocycles. The summed E-state index contributed by atoms with van der Waals surface area (Å²) in [6, 6.07) is 6.18. The van der Waals surface area contributed by atoms with Crippen LogP contribution in [0.25, 0.3) is 0 Å². The number of ether oxygens (including phenoxy) is 1. The predicted octanol–water partition coefficient (Wildman–Crippen LogP) is 2.62. The summed E-state index contributed by atoms with van der Waals surface area (Å²) in [5.41, 5.74) is 10.2. The first kappa shape index (κ1) is 15.2. The van der Waals surface area contributed by atoms with E-state index in [1.807, 2.05) is 19.1 Å². The molecule has 1 aromatic carbocycles. The van der Waals surface area contributed by atoms with Crippen molar-refractivity contribution in [1.29, 1.82) is 0 Å². The second-order valence-corrected chi connectivity index (χ2v) is 4.78. The number of rotatable bonds is 6. The van der Waals surface area contributed by atoms with E-state index in [1.54, 1.807) is 0 Å². The first-order chi connectivity index (χ1) is 8.97. The highest BCUT2D eigenvalue weighted by Crippen LogP contribution is 2.13. The van der Waals surface area contributed by atoms with E-state index in [-0.39, 0.29) is 0 Å². The van der Waals surface area contributed by atoms with Crippen molar-refractivity contribution in [3.05, 3.63) is 41.5 Å². The molecule has 4 heteroatoms. The van der Waals surface area contributed by atoms with Gasteiger partial charge in [-0.3, -0.25) is 4.99 Å². The van der Waals surface area contributed by atoms with Gasteiger partial charge in [0.1, 0.15) is 0 Å². The molecule has 0 bridgehead atoms. The molecule has 0 amide bonds. The maximum absolute atomic E-state index is 5.81. The highest BCUT2D eigenvalue weighted by atomic mass is 16.5. The van der Waals surface area contributed by atoms with Crippen LogP contribution in [0.3, 0.4) is 0 Å². The van der Waals surface area contributed by atoms with Gasteiger partial charge in [0.15, 0.2) is 5.96 Å². The van der Waals surface area contributed by atoms with Crippen molar-refractivity contribution in [3.8, 4) is 0 Å². The molecule has 0 spiro atoms. The smallest absolute Gasteiger partial charge is 0.193 e. The normalized spacial score (nSPS) is 11.4. The van der Waals surface area contributed by atoms with Gasteiger partial charge in [-0.1, -0.05) is 18.2 Å². The third-order valence-electron chi connectivity index (χ3n) is 2.36. The zero-order chi connectivity index (χ0) is 14.3. The molecular weight excluding hydrogens is 238 g/mol. The zero-order valence-electron chi connectivity index (χ0n) is 12.0. The van der Waals surface area contributed by atoms with Gasteiger partial charge in [0.2, 0.25) is 0 Å². The van der Waals surface area contributed by atoms with Gasteiger partial charge < -0.3 is 15.8 Å². The standard InChI is InChI=1S/C15H23N3O/c1-11(2)10-19-6-5-17-15(16)18-14-8-12(3)7-13(4)9-14/h7-9H,1,5-6,10H2,2-4H3,(H3,16,17,18). The van der Waals surface area contributed by atoms with E-state index in [0.29, 0.717) is 25.7 Å². The third-order valence-corrected chi connectivity index (χ3v) is 2.36. The number of hydrogen-bond acceptors (Lipinski definition) is 2. The molecule has 0 aliphatic carbocycles. The van der Waals surface area contributed by atoms with E-state index < -0.39 is 0 Å². The van der Waals surface area contributed by atoms with Crippen LogP contribution in [0.15, 0.2) is 35.3 Å². The Kier molecular flexibility index (Phi) is 6.09. The van der Waals surface area contributed by atoms with E-state index in [4.69, 9.17) is 10.5 Å². The van der Waals surface area contributed by atoms with Crippen molar-refractivity contribution in [2.75, 3.05) is 25.1 Å². The first-order valence-electron chi connectivity index (χ1n) is 6.35. The number of nitrogens with one attached hydrogen (secondary N) is 1. The highest BCUT2D eigenvalue weighted by Gasteiger charge is 1.97. The molecule has 0 radical (unpaired) electrons. The lowest BCUT2D eigenvalue weighted by molar-refractivity contribution is 0.165. The van der Waals surface area contributed by atoms with Gasteiger partial charge in [-0.2, -0.15) is 0 Å². The van der Waals surface area contributed by atoms with E-state index in [1.165, 1.54) is 11.1 Å². The first-order valence-corrected chi connectivity index (χ1v) is 6.35. The van der Waals surface area contributed by atoms with Crippen LogP contribution in [0, 0.1) is 13.8 Å². The summed E-state index contributed by atoms with van der Waals surface area (Å²) >= 11 is 0. The molecule has 3 N–H and O–H groups in total. The molecule has 0 atom stereocenters. The molecule has 4 nitrogen and oxygen atoms in total. The molecule has 0 aliphatic heterocycles. The SMILES string of the molecule is C=C(C)COCCN=C(N)Nc1cc(C)cc(C)c1. The van der Waals surface area contributed by atoms with Gasteiger partial charge in [-0.15, -0.1) is 0 Å². The second-order valence-electron chi connectivity index (χ2n) is 4.78. The minimum atomic E-state index is 0.406. The maximum Gasteiger partial charge on any atom is 0.193 e. The van der Waals surface area contributed by atoms with Crippen LogP contribution < -0.4 is 11.1 Å². The molecule has 0 heterocycles. The molecule has 0 unspecified atom stereocenters. The van der Waals surface area contributed by atoms with Crippen molar-refractivity contribution < 1.29 is 4.74 Å². The van der Waals surface area contributed by atoms with Crippen LogP contribution >= 0.6 is 0 Å². The quantitative estimate of drug-likeness (QED) is 0.358. The van der Waals surface area contributed by atoms with Crippen molar-refractivity contribution in [1.82, 2.24) is 0 Å². The largest absolute Gasteiger partial charge is 0.375 e. The van der Waals surface area contributed by atoms with Gasteiger partial charge in [0.05, 0.1) is 19.8 Å². The molecule has 0 saturated heterocycles. The van der Waals surface area contributed by atoms with E-state index in [2.05, 4.69) is 36.8 Å². The lowest BCUT2D eigenvalue weighted by atomic mass is 10.1. The molecule has 0 aliphatic rings. The minimum Gasteiger partial charge on any atom is -0.375 e. The third kappa shape index (κ3) is 6.62. The number of hydrogen-bond donors (Lipinski definition) is 2. The van der Waals surface area contributed by atoms with Crippen LogP contribution in [0.2, 0.25) is 0 Å². The van der Waals surface area contributed by atoms with Crippen LogP contribution in [0.5, 0.6) is 0 Å². The molecule has 1 rings (SSSR count). The van der Waals surface area contributed by atoms with Crippen molar-refractivity contribution in [2.24, 2.45) is 10.7 Å². The van der Waals surface area contributed by atoms with Crippen molar-refractivity contribution in [2.45, 2.75) is 20.8 Å². The van der Waals surface area contributed by atoms with Crippen LogP contribution in [-0.4, -0.2) is 25.7 Å². The van der Waals surface area contributed by atoms with Gasteiger partial charge in [-0.05, 0) is 44.0 Å². The Bertz CT molecular complexity index is 446. The fourth-order valence-corrected chi connectivity index (χ4v) is 1.71. The molecule has 104 valence electrons. The number of aliphatic imine (C=N–C) groups is 1. The Morgan fingerprint density at radius 2 is 1.95 bits per heavy atom. The average molecular weight is 261 g/mol. The topological polar surface area (TPSA) is 59.6 Å². The van der Waals surface area contributed by atoms with E-state index in [9.17, 15) is 0 Å². The Morgan fingerprint density at radius 1 is 1.32 bits per heavy atom. The molecule has 0 saturated carbocycles. The summed E-state index contributed by atoms with van der Waals surface area (Å²) < 4.78 is 5.34. The number of anilines is 1. The summed E-state index contributed by atoms with van der Waals surface area (Å²) in [6.45, 7) is 11.4. The van der Waals surface area contributed by atoms with Crippen LogP contribution in [-0.2, 0) is 4.74 Å². The Labute approximate surface area is 115 Å².